The highest BCUT2D eigenvalue weighted by molar-refractivity contribution is 7.93. The summed E-state index contributed by atoms with van der Waals surface area (Å²) in [5, 5.41) is 1.99. The van der Waals surface area contributed by atoms with Crippen molar-refractivity contribution < 1.29 is 8.42 Å². The second kappa shape index (κ2) is 5.65. The number of nitrogen functional groups attached to an aromatic ring is 1. The Hall–Kier alpha value is -1.60. The van der Waals surface area contributed by atoms with E-state index in [2.05, 4.69) is 9.71 Å². The van der Waals surface area contributed by atoms with Crippen molar-refractivity contribution in [1.29, 1.82) is 0 Å². The van der Waals surface area contributed by atoms with E-state index in [1.54, 1.807) is 12.1 Å². The molecule has 0 unspecified atom stereocenters. The number of thiazole rings is 1. The van der Waals surface area contributed by atoms with Gasteiger partial charge in [-0.2, -0.15) is 0 Å². The molecule has 0 atom stereocenters. The van der Waals surface area contributed by atoms with Crippen molar-refractivity contribution in [2.45, 2.75) is 30.9 Å². The average molecular weight is 323 g/mol. The van der Waals surface area contributed by atoms with Crippen LogP contribution in [0.3, 0.4) is 0 Å². The first kappa shape index (κ1) is 14.3. The lowest BCUT2D eigenvalue weighted by Gasteiger charge is -2.10. The number of aromatic nitrogens is 1. The zero-order valence-corrected chi connectivity index (χ0v) is 13.1. The first-order valence-corrected chi connectivity index (χ1v) is 9.30. The lowest BCUT2D eigenvalue weighted by atomic mass is 10.2. The smallest absolute Gasteiger partial charge is 0.237 e. The molecule has 1 heterocycles. The normalized spacial score (nSPS) is 16.2. The minimum atomic E-state index is -3.31. The summed E-state index contributed by atoms with van der Waals surface area (Å²) in [4.78, 5) is 4.35. The predicted octanol–water partition coefficient (Wildman–Crippen LogP) is 3.08. The Labute approximate surface area is 128 Å². The Balaban J connectivity index is 1.77. The second-order valence-electron chi connectivity index (χ2n) is 5.21. The number of nitrogens with zero attached hydrogens (tertiary/aromatic N) is 1. The molecule has 0 spiro atoms. The molecule has 1 aliphatic carbocycles. The number of sulfonamides is 1. The van der Waals surface area contributed by atoms with E-state index in [1.165, 1.54) is 11.3 Å². The van der Waals surface area contributed by atoms with Gasteiger partial charge < -0.3 is 5.73 Å². The third kappa shape index (κ3) is 3.19. The number of nitrogens with one attached hydrogen (secondary N) is 1. The monoisotopic (exact) mass is 323 g/mol. The molecule has 0 aliphatic heterocycles. The SMILES string of the molecule is Nc1ccc(-c2csc(NS(=O)(=O)C3CCCC3)n2)cc1. The minimum absolute atomic E-state index is 0.277. The van der Waals surface area contributed by atoms with Gasteiger partial charge in [0.15, 0.2) is 5.13 Å². The molecule has 0 saturated heterocycles. The molecule has 3 rings (SSSR count). The van der Waals surface area contributed by atoms with Crippen molar-refractivity contribution in [1.82, 2.24) is 4.98 Å². The van der Waals surface area contributed by atoms with E-state index in [4.69, 9.17) is 5.73 Å². The van der Waals surface area contributed by atoms with Crippen LogP contribution in [0.2, 0.25) is 0 Å². The largest absolute Gasteiger partial charge is 0.399 e. The van der Waals surface area contributed by atoms with Crippen LogP contribution in [0.4, 0.5) is 10.8 Å². The van der Waals surface area contributed by atoms with Crippen LogP contribution in [0.25, 0.3) is 11.3 Å². The van der Waals surface area contributed by atoms with Gasteiger partial charge in [-0.05, 0) is 25.0 Å². The molecule has 21 heavy (non-hydrogen) atoms. The van der Waals surface area contributed by atoms with Crippen LogP contribution in [-0.4, -0.2) is 18.7 Å². The molecule has 112 valence electrons. The Morgan fingerprint density at radius 3 is 2.52 bits per heavy atom. The average Bonchev–Trinajstić information content (AvgIpc) is 3.10. The Morgan fingerprint density at radius 2 is 1.86 bits per heavy atom. The van der Waals surface area contributed by atoms with Gasteiger partial charge in [-0.3, -0.25) is 4.72 Å². The third-order valence-corrected chi connectivity index (χ3v) is 6.40. The van der Waals surface area contributed by atoms with Gasteiger partial charge in [-0.15, -0.1) is 11.3 Å². The van der Waals surface area contributed by atoms with Crippen molar-refractivity contribution in [3.8, 4) is 11.3 Å². The molecule has 0 radical (unpaired) electrons. The van der Waals surface area contributed by atoms with Gasteiger partial charge in [0.05, 0.1) is 10.9 Å². The summed E-state index contributed by atoms with van der Waals surface area (Å²) in [7, 11) is -3.31. The molecule has 1 saturated carbocycles. The van der Waals surface area contributed by atoms with Crippen molar-refractivity contribution in [3.63, 3.8) is 0 Å². The zero-order valence-electron chi connectivity index (χ0n) is 11.5. The molecule has 1 aromatic heterocycles. The van der Waals surface area contributed by atoms with Crippen LogP contribution in [0.1, 0.15) is 25.7 Å². The number of anilines is 2. The molecule has 3 N–H and O–H groups in total. The van der Waals surface area contributed by atoms with Crippen LogP contribution < -0.4 is 10.5 Å². The maximum absolute atomic E-state index is 12.2. The van der Waals surface area contributed by atoms with Gasteiger partial charge in [0.1, 0.15) is 0 Å². The molecular formula is C14H17N3O2S2. The van der Waals surface area contributed by atoms with E-state index in [0.29, 0.717) is 10.8 Å². The fraction of sp³-hybridized carbons (Fsp3) is 0.357. The summed E-state index contributed by atoms with van der Waals surface area (Å²) in [6.07, 6.45) is 3.46. The van der Waals surface area contributed by atoms with Crippen molar-refractivity contribution in [2.24, 2.45) is 0 Å². The van der Waals surface area contributed by atoms with Gasteiger partial charge in [0.25, 0.3) is 0 Å². The molecule has 0 bridgehead atoms. The standard InChI is InChI=1S/C14H17N3O2S2/c15-11-7-5-10(6-8-11)13-9-20-14(16-13)17-21(18,19)12-3-1-2-4-12/h5-9,12H,1-4,15H2,(H,16,17). The van der Waals surface area contributed by atoms with E-state index in [0.717, 1.165) is 36.9 Å². The molecule has 1 aliphatic rings. The number of hydrogen-bond acceptors (Lipinski definition) is 5. The van der Waals surface area contributed by atoms with Crippen LogP contribution >= 0.6 is 11.3 Å². The summed E-state index contributed by atoms with van der Waals surface area (Å²) in [6.45, 7) is 0. The number of rotatable bonds is 4. The number of benzene rings is 1. The summed E-state index contributed by atoms with van der Waals surface area (Å²) in [6, 6.07) is 7.35. The van der Waals surface area contributed by atoms with E-state index < -0.39 is 10.0 Å². The second-order valence-corrected chi connectivity index (χ2v) is 8.03. The van der Waals surface area contributed by atoms with E-state index in [9.17, 15) is 8.42 Å². The highest BCUT2D eigenvalue weighted by atomic mass is 32.2. The lowest BCUT2D eigenvalue weighted by Crippen LogP contribution is -2.25. The quantitative estimate of drug-likeness (QED) is 0.847. The van der Waals surface area contributed by atoms with E-state index in [1.807, 2.05) is 17.5 Å². The first-order valence-electron chi connectivity index (χ1n) is 6.88. The lowest BCUT2D eigenvalue weighted by molar-refractivity contribution is 0.585. The Bertz CT molecular complexity index is 717. The van der Waals surface area contributed by atoms with Crippen molar-refractivity contribution in [2.75, 3.05) is 10.5 Å². The van der Waals surface area contributed by atoms with Gasteiger partial charge in [0.2, 0.25) is 10.0 Å². The van der Waals surface area contributed by atoms with Crippen LogP contribution in [0.5, 0.6) is 0 Å². The molecular weight excluding hydrogens is 306 g/mol. The van der Waals surface area contributed by atoms with E-state index >= 15 is 0 Å². The van der Waals surface area contributed by atoms with Crippen LogP contribution in [-0.2, 0) is 10.0 Å². The first-order chi connectivity index (χ1) is 10.0. The topological polar surface area (TPSA) is 85.1 Å². The van der Waals surface area contributed by atoms with Crippen LogP contribution in [0, 0.1) is 0 Å². The Morgan fingerprint density at radius 1 is 1.19 bits per heavy atom. The van der Waals surface area contributed by atoms with Gasteiger partial charge >= 0.3 is 0 Å². The summed E-state index contributed by atoms with van der Waals surface area (Å²) < 4.78 is 27.1. The molecule has 0 amide bonds. The van der Waals surface area contributed by atoms with Gasteiger partial charge in [-0.1, -0.05) is 25.0 Å². The third-order valence-electron chi connectivity index (χ3n) is 3.68. The fourth-order valence-electron chi connectivity index (χ4n) is 2.51. The highest BCUT2D eigenvalue weighted by Crippen LogP contribution is 2.29. The van der Waals surface area contributed by atoms with Crippen molar-refractivity contribution in [3.05, 3.63) is 29.6 Å². The molecule has 1 aromatic carbocycles. The maximum Gasteiger partial charge on any atom is 0.237 e. The van der Waals surface area contributed by atoms with Crippen molar-refractivity contribution >= 4 is 32.2 Å². The Kier molecular flexibility index (Phi) is 3.86. The minimum Gasteiger partial charge on any atom is -0.399 e. The summed E-state index contributed by atoms with van der Waals surface area (Å²) in [5.74, 6) is 0. The molecule has 2 aromatic rings. The molecule has 7 heteroatoms. The highest BCUT2D eigenvalue weighted by Gasteiger charge is 2.29. The molecule has 5 nitrogen and oxygen atoms in total. The molecule has 1 fully saturated rings. The fourth-order valence-corrected chi connectivity index (χ4v) is 5.02. The van der Waals surface area contributed by atoms with Gasteiger partial charge in [-0.25, -0.2) is 13.4 Å². The number of nitrogens with two attached hydrogens (primary N) is 1. The van der Waals surface area contributed by atoms with Crippen LogP contribution in [0.15, 0.2) is 29.6 Å². The maximum atomic E-state index is 12.2. The summed E-state index contributed by atoms with van der Waals surface area (Å²) in [5.41, 5.74) is 8.02. The number of hydrogen-bond donors (Lipinski definition) is 2. The van der Waals surface area contributed by atoms with E-state index in [-0.39, 0.29) is 5.25 Å². The van der Waals surface area contributed by atoms with Gasteiger partial charge in [0, 0.05) is 16.6 Å². The summed E-state index contributed by atoms with van der Waals surface area (Å²) >= 11 is 1.30. The predicted molar refractivity (Wildman–Crippen MR) is 86.8 cm³/mol. The zero-order chi connectivity index (χ0) is 14.9.